The predicted octanol–water partition coefficient (Wildman–Crippen LogP) is 3.20. The van der Waals surface area contributed by atoms with E-state index in [1.165, 1.54) is 0 Å². The van der Waals surface area contributed by atoms with Gasteiger partial charge in [-0.15, -0.1) is 0 Å². The zero-order valence-electron chi connectivity index (χ0n) is 21.0. The molecule has 1 saturated carbocycles. The van der Waals surface area contributed by atoms with Crippen LogP contribution >= 0.6 is 0 Å². The van der Waals surface area contributed by atoms with E-state index in [-0.39, 0.29) is 11.8 Å². The number of anilines is 1. The maximum atomic E-state index is 12.4. The van der Waals surface area contributed by atoms with Crippen molar-refractivity contribution in [1.29, 1.82) is 0 Å². The number of nitrogens with zero attached hydrogens (tertiary/aromatic N) is 3. The van der Waals surface area contributed by atoms with Crippen LogP contribution in [0.25, 0.3) is 22.0 Å². The monoisotopic (exact) mass is 493 g/mol. The number of H-pyrrole nitrogens is 1. The van der Waals surface area contributed by atoms with Gasteiger partial charge in [0, 0.05) is 0 Å². The quantitative estimate of drug-likeness (QED) is 0.313. The van der Waals surface area contributed by atoms with E-state index < -0.39 is 0 Å². The van der Waals surface area contributed by atoms with E-state index in [9.17, 15) is 4.79 Å². The van der Waals surface area contributed by atoms with Crippen molar-refractivity contribution in [2.24, 2.45) is 5.92 Å². The van der Waals surface area contributed by atoms with E-state index in [1.807, 2.05) is 37.5 Å². The third-order valence-corrected chi connectivity index (χ3v) is 6.59. The average molecular weight is 493 g/mol. The fourth-order valence-corrected chi connectivity index (χ4v) is 4.38. The molecule has 1 radical (unpaired) electrons. The molecule has 1 aromatic carbocycles. The normalized spacial score (nSPS) is 16.5. The SMILES string of the molecule is [B]=C(NC(=C/C)/C(=C\C=C)NC(=O)C1CC1)c1n[nH]c2ccc(-c3cncc(N4CCOCC4)c3)cc12. The van der Waals surface area contributed by atoms with Gasteiger partial charge in [0.2, 0.25) is 0 Å². The van der Waals surface area contributed by atoms with Gasteiger partial charge in [0.25, 0.3) is 0 Å². The minimum absolute atomic E-state index is 0.00982. The number of aromatic nitrogens is 3. The molecule has 2 aromatic heterocycles. The molecule has 1 amide bonds. The number of morpholine rings is 1. The summed E-state index contributed by atoms with van der Waals surface area (Å²) in [6, 6.07) is 8.25. The molecule has 0 unspecified atom stereocenters. The summed E-state index contributed by atoms with van der Waals surface area (Å²) < 4.78 is 5.48. The first-order chi connectivity index (χ1) is 18.1. The zero-order valence-corrected chi connectivity index (χ0v) is 21.0. The number of pyridine rings is 1. The summed E-state index contributed by atoms with van der Waals surface area (Å²) in [5.74, 6) is 0.0909. The summed E-state index contributed by atoms with van der Waals surface area (Å²) in [4.78, 5) is 19.2. The zero-order chi connectivity index (χ0) is 25.8. The Bertz CT molecular complexity index is 1400. The van der Waals surface area contributed by atoms with Crippen molar-refractivity contribution in [3.63, 3.8) is 0 Å². The molecule has 3 heterocycles. The van der Waals surface area contributed by atoms with Crippen LogP contribution in [0.2, 0.25) is 0 Å². The van der Waals surface area contributed by atoms with Gasteiger partial charge in [-0.3, -0.25) is 0 Å². The number of amides is 1. The standard InChI is InChI=1S/C28H30BN6O2/c1-3-5-25(32-28(36)18-6-7-18)23(4-2)31-27(29)26-22-15-19(8-9-24(22)33-34-26)20-14-21(17-30-16-20)35-10-12-37-13-11-35/h3-5,8-9,14-18,31H,1,6-7,10-13H2,2H3,(H,32,36)(H,33,34)/b23-4+,25-5+. The van der Waals surface area contributed by atoms with Crippen molar-refractivity contribution >= 4 is 35.6 Å². The summed E-state index contributed by atoms with van der Waals surface area (Å²) in [6.45, 7) is 8.80. The van der Waals surface area contributed by atoms with Crippen LogP contribution in [0.1, 0.15) is 25.5 Å². The Hall–Kier alpha value is -3.98. The molecular weight excluding hydrogens is 463 g/mol. The molecule has 8 nitrogen and oxygen atoms in total. The summed E-state index contributed by atoms with van der Waals surface area (Å²) in [7, 11) is 6.51. The Labute approximate surface area is 217 Å². The first kappa shape index (κ1) is 24.7. The molecule has 3 aromatic rings. The Kier molecular flexibility index (Phi) is 7.32. The molecule has 9 heteroatoms. The molecule has 1 aliphatic carbocycles. The second kappa shape index (κ2) is 11.0. The van der Waals surface area contributed by atoms with Gasteiger partial charge in [-0.1, -0.05) is 0 Å². The summed E-state index contributed by atoms with van der Waals surface area (Å²) >= 11 is 0. The van der Waals surface area contributed by atoms with Gasteiger partial charge in [0.15, 0.2) is 0 Å². The average Bonchev–Trinajstić information content (AvgIpc) is 3.71. The maximum absolute atomic E-state index is 12.4. The second-order valence-corrected chi connectivity index (χ2v) is 9.18. The van der Waals surface area contributed by atoms with Gasteiger partial charge in [-0.05, 0) is 0 Å². The topological polar surface area (TPSA) is 95.2 Å². The van der Waals surface area contributed by atoms with Gasteiger partial charge in [-0.25, -0.2) is 0 Å². The Morgan fingerprint density at radius 3 is 2.70 bits per heavy atom. The van der Waals surface area contributed by atoms with E-state index in [0.717, 1.165) is 66.9 Å². The first-order valence-electron chi connectivity index (χ1n) is 12.5. The molecule has 0 bridgehead atoms. The van der Waals surface area contributed by atoms with E-state index in [4.69, 9.17) is 12.2 Å². The molecule has 2 aliphatic rings. The number of hydrogen-bond donors (Lipinski definition) is 3. The van der Waals surface area contributed by atoms with E-state index in [2.05, 4.69) is 49.4 Å². The summed E-state index contributed by atoms with van der Waals surface area (Å²) in [6.07, 6.45) is 10.9. The van der Waals surface area contributed by atoms with E-state index in [0.29, 0.717) is 22.7 Å². The second-order valence-electron chi connectivity index (χ2n) is 9.18. The number of carbonyl (C=O) groups is 1. The van der Waals surface area contributed by atoms with Crippen LogP contribution in [0, 0.1) is 5.92 Å². The number of carbonyl (C=O) groups excluding carboxylic acids is 1. The number of allylic oxidation sites excluding steroid dienone is 3. The third-order valence-electron chi connectivity index (χ3n) is 6.59. The van der Waals surface area contributed by atoms with Crippen molar-refractivity contribution in [2.75, 3.05) is 31.2 Å². The van der Waals surface area contributed by atoms with E-state index >= 15 is 0 Å². The summed E-state index contributed by atoms with van der Waals surface area (Å²) in [5, 5.41) is 14.6. The molecule has 187 valence electrons. The van der Waals surface area contributed by atoms with Gasteiger partial charge >= 0.3 is 217 Å². The van der Waals surface area contributed by atoms with Crippen molar-refractivity contribution in [3.05, 3.63) is 78.6 Å². The Morgan fingerprint density at radius 2 is 1.97 bits per heavy atom. The van der Waals surface area contributed by atoms with Crippen LogP contribution in [-0.4, -0.2) is 60.5 Å². The van der Waals surface area contributed by atoms with Crippen LogP contribution < -0.4 is 15.5 Å². The molecule has 37 heavy (non-hydrogen) atoms. The molecule has 0 spiro atoms. The van der Waals surface area contributed by atoms with Crippen LogP contribution in [0.5, 0.6) is 0 Å². The predicted molar refractivity (Wildman–Crippen MR) is 148 cm³/mol. The molecule has 1 saturated heterocycles. The van der Waals surface area contributed by atoms with Crippen molar-refractivity contribution in [2.45, 2.75) is 19.8 Å². The van der Waals surface area contributed by atoms with Crippen LogP contribution in [0.4, 0.5) is 5.69 Å². The fraction of sp³-hybridized carbons (Fsp3) is 0.286. The van der Waals surface area contributed by atoms with Crippen molar-refractivity contribution in [3.8, 4) is 11.1 Å². The van der Waals surface area contributed by atoms with Crippen LogP contribution in [-0.2, 0) is 9.53 Å². The number of hydrogen-bond acceptors (Lipinski definition) is 6. The number of nitrogens with one attached hydrogen (secondary N) is 3. The Morgan fingerprint density at radius 1 is 1.16 bits per heavy atom. The molecular formula is C28H30BN6O2. The number of ether oxygens (including phenoxy) is 1. The van der Waals surface area contributed by atoms with E-state index in [1.54, 1.807) is 12.2 Å². The van der Waals surface area contributed by atoms with Crippen LogP contribution in [0.15, 0.2) is 72.9 Å². The van der Waals surface area contributed by atoms with Gasteiger partial charge < -0.3 is 0 Å². The van der Waals surface area contributed by atoms with Gasteiger partial charge in [0.1, 0.15) is 0 Å². The number of fused-ring (bicyclic) bond motifs is 1. The number of rotatable bonds is 9. The minimum atomic E-state index is 0.00982. The molecule has 3 N–H and O–H groups in total. The van der Waals surface area contributed by atoms with Gasteiger partial charge in [0.05, 0.1) is 0 Å². The summed E-state index contributed by atoms with van der Waals surface area (Å²) in [5.41, 5.74) is 6.22. The number of benzene rings is 1. The third kappa shape index (κ3) is 5.57. The number of aromatic amines is 1. The molecule has 2 fully saturated rings. The van der Waals surface area contributed by atoms with Crippen molar-refractivity contribution < 1.29 is 9.53 Å². The van der Waals surface area contributed by atoms with Gasteiger partial charge in [-0.2, -0.15) is 0 Å². The van der Waals surface area contributed by atoms with Crippen molar-refractivity contribution in [1.82, 2.24) is 25.8 Å². The Balaban J connectivity index is 1.39. The molecule has 5 rings (SSSR count). The molecule has 0 atom stereocenters. The fourth-order valence-electron chi connectivity index (χ4n) is 4.38. The molecule has 1 aliphatic heterocycles. The first-order valence-corrected chi connectivity index (χ1v) is 12.5. The van der Waals surface area contributed by atoms with Crippen LogP contribution in [0.3, 0.4) is 0 Å².